The molecule has 0 aliphatic rings. The number of hydrogen-bond donors (Lipinski definition) is 3. The van der Waals surface area contributed by atoms with Gasteiger partial charge in [-0.1, -0.05) is 109 Å². The zero-order chi connectivity index (χ0) is 47.5. The molecule has 0 saturated heterocycles. The molecule has 0 bridgehead atoms. The van der Waals surface area contributed by atoms with E-state index >= 15 is 4.57 Å². The molecule has 0 radical (unpaired) electrons. The molecule has 17 heteroatoms. The van der Waals surface area contributed by atoms with Gasteiger partial charge in [0.2, 0.25) is 30.1 Å². The highest BCUT2D eigenvalue weighted by Gasteiger charge is 2.42. The fourth-order valence-electron chi connectivity index (χ4n) is 7.08. The Balaban J connectivity index is 1.53. The van der Waals surface area contributed by atoms with Crippen LogP contribution >= 0.6 is 7.82 Å². The van der Waals surface area contributed by atoms with E-state index in [9.17, 15) is 25.3 Å². The van der Waals surface area contributed by atoms with Crippen molar-refractivity contribution in [2.24, 2.45) is 0 Å². The molecule has 6 aromatic carbocycles. The Labute approximate surface area is 383 Å². The Kier molecular flexibility index (Phi) is 15.2. The lowest BCUT2D eigenvalue weighted by Gasteiger charge is -2.31. The van der Waals surface area contributed by atoms with E-state index in [1.807, 2.05) is 20.8 Å². The molecule has 0 saturated carbocycles. The van der Waals surface area contributed by atoms with Crippen LogP contribution in [0.2, 0.25) is 0 Å². The average molecular weight is 960 g/mol. The standard InChI is InChI=1S/C48H54N3O10PS3/c1-31-25-28-43(37(7)34(31)4)63(53,54)49-46(40-19-13-10-14-20-40)59-62(52,60-47(41-21-15-11-16-22-41)50-64(55,56)44-29-26-32(2)35(5)38(44)8)61-48(42-23-17-12-18-24-42)51-65(57,58)45-30-27-33(3)36(6)39(45)9/h10-30,46-51H,1-9H3/t46-,47-,48-/m0/s1. The third-order valence-electron chi connectivity index (χ3n) is 11.7. The van der Waals surface area contributed by atoms with Crippen LogP contribution in [0.1, 0.15) is 85.4 Å². The van der Waals surface area contributed by atoms with Crippen LogP contribution < -0.4 is 14.2 Å². The summed E-state index contributed by atoms with van der Waals surface area (Å²) in [6.45, 7) is 15.9. The first-order valence-corrected chi connectivity index (χ1v) is 26.5. The maximum absolute atomic E-state index is 16.0. The van der Waals surface area contributed by atoms with E-state index in [1.165, 1.54) is 54.6 Å². The zero-order valence-electron chi connectivity index (χ0n) is 37.6. The lowest BCUT2D eigenvalue weighted by Crippen LogP contribution is -2.35. The Morgan fingerprint density at radius 1 is 0.354 bits per heavy atom. The summed E-state index contributed by atoms with van der Waals surface area (Å²) in [5, 5.41) is 0. The van der Waals surface area contributed by atoms with Gasteiger partial charge in [-0.25, -0.2) is 29.8 Å². The number of rotatable bonds is 18. The number of aryl methyl sites for hydroxylation is 3. The van der Waals surface area contributed by atoms with E-state index in [-0.39, 0.29) is 31.4 Å². The van der Waals surface area contributed by atoms with Crippen molar-refractivity contribution >= 4 is 37.9 Å². The molecule has 0 spiro atoms. The van der Waals surface area contributed by atoms with Crippen molar-refractivity contribution in [3.8, 4) is 0 Å². The average Bonchev–Trinajstić information content (AvgIpc) is 3.26. The number of hydrogen-bond acceptors (Lipinski definition) is 10. The molecule has 0 aliphatic heterocycles. The predicted octanol–water partition coefficient (Wildman–Crippen LogP) is 9.95. The molecule has 6 rings (SSSR count). The second-order valence-electron chi connectivity index (χ2n) is 15.9. The highest BCUT2D eigenvalue weighted by Crippen LogP contribution is 2.58. The van der Waals surface area contributed by atoms with Crippen LogP contribution in [0.25, 0.3) is 0 Å². The Morgan fingerprint density at radius 2 is 0.585 bits per heavy atom. The van der Waals surface area contributed by atoms with Crippen molar-refractivity contribution in [3.05, 3.63) is 194 Å². The molecule has 0 amide bonds. The lowest BCUT2D eigenvalue weighted by molar-refractivity contribution is 0.0214. The summed E-state index contributed by atoms with van der Waals surface area (Å²) in [6.07, 6.45) is -5.51. The van der Waals surface area contributed by atoms with Gasteiger partial charge in [-0.3, -0.25) is 13.6 Å². The lowest BCUT2D eigenvalue weighted by atomic mass is 10.1. The van der Waals surface area contributed by atoms with E-state index in [0.717, 1.165) is 33.4 Å². The molecule has 344 valence electrons. The van der Waals surface area contributed by atoms with Gasteiger partial charge in [0.05, 0.1) is 14.7 Å². The number of benzene rings is 6. The predicted molar refractivity (Wildman–Crippen MR) is 251 cm³/mol. The van der Waals surface area contributed by atoms with Gasteiger partial charge >= 0.3 is 7.82 Å². The van der Waals surface area contributed by atoms with Gasteiger partial charge in [-0.2, -0.15) is 14.2 Å². The van der Waals surface area contributed by atoms with Gasteiger partial charge in [-0.15, -0.1) is 0 Å². The van der Waals surface area contributed by atoms with Crippen molar-refractivity contribution in [2.45, 2.75) is 95.7 Å². The van der Waals surface area contributed by atoms with Crippen LogP contribution in [-0.2, 0) is 48.2 Å². The SMILES string of the molecule is Cc1ccc(S(=O)(=O)N[C@@H](OP(=O)(O[C@H](NS(=O)(=O)c2ccc(C)c(C)c2C)c2ccccc2)O[C@H](NS(=O)(=O)c2ccc(C)c(C)c2C)c2ccccc2)c2ccccc2)c(C)c1C. The normalized spacial score (nSPS) is 13.9. The molecule has 6 aromatic rings. The summed E-state index contributed by atoms with van der Waals surface area (Å²) in [4.78, 5) is -0.252. The minimum Gasteiger partial charge on any atom is -0.262 e. The minimum absolute atomic E-state index is 0.0841. The number of nitrogens with one attached hydrogen (secondary N) is 3. The van der Waals surface area contributed by atoms with Crippen molar-refractivity contribution in [1.29, 1.82) is 0 Å². The zero-order valence-corrected chi connectivity index (χ0v) is 41.0. The van der Waals surface area contributed by atoms with E-state index in [1.54, 1.807) is 114 Å². The van der Waals surface area contributed by atoms with Gasteiger partial charge in [0.25, 0.3) is 0 Å². The van der Waals surface area contributed by atoms with Gasteiger partial charge in [0.1, 0.15) is 0 Å². The highest BCUT2D eigenvalue weighted by molar-refractivity contribution is 7.90. The third kappa shape index (κ3) is 11.4. The van der Waals surface area contributed by atoms with Crippen molar-refractivity contribution in [3.63, 3.8) is 0 Å². The molecule has 3 atom stereocenters. The summed E-state index contributed by atoms with van der Waals surface area (Å²) in [5.74, 6) is 0. The molecule has 0 aliphatic carbocycles. The van der Waals surface area contributed by atoms with Crippen molar-refractivity contribution < 1.29 is 43.4 Å². The molecule has 0 unspecified atom stereocenters. The quantitative estimate of drug-likeness (QED) is 0.0554. The second kappa shape index (κ2) is 19.9. The summed E-state index contributed by atoms with van der Waals surface area (Å²) in [5.41, 5.74) is 6.60. The topological polar surface area (TPSA) is 183 Å². The molecule has 0 aromatic heterocycles. The van der Waals surface area contributed by atoms with Crippen LogP contribution in [0.3, 0.4) is 0 Å². The summed E-state index contributed by atoms with van der Waals surface area (Å²) >= 11 is 0. The van der Waals surface area contributed by atoms with Crippen molar-refractivity contribution in [2.75, 3.05) is 0 Å². The molecule has 0 fully saturated rings. The molecular weight excluding hydrogens is 906 g/mol. The van der Waals surface area contributed by atoms with E-state index < -0.39 is 56.6 Å². The summed E-state index contributed by atoms with van der Waals surface area (Å²) < 4.78 is 129. The van der Waals surface area contributed by atoms with Crippen LogP contribution in [-0.4, -0.2) is 25.3 Å². The molecule has 0 heterocycles. The van der Waals surface area contributed by atoms with Gasteiger partial charge in [0, 0.05) is 0 Å². The smallest absolute Gasteiger partial charge is 0.262 e. The van der Waals surface area contributed by atoms with Crippen LogP contribution in [0.4, 0.5) is 0 Å². The van der Waals surface area contributed by atoms with Gasteiger partial charge < -0.3 is 0 Å². The largest absolute Gasteiger partial charge is 0.480 e. The minimum atomic E-state index is -5.49. The van der Waals surface area contributed by atoms with E-state index in [2.05, 4.69) is 14.2 Å². The molecular formula is C48H54N3O10PS3. The van der Waals surface area contributed by atoms with E-state index in [4.69, 9.17) is 13.6 Å². The number of sulfonamides is 3. The number of phosphoric ester groups is 1. The van der Waals surface area contributed by atoms with Crippen LogP contribution in [0.15, 0.2) is 142 Å². The summed E-state index contributed by atoms with van der Waals surface area (Å²) in [7, 11) is -19.0. The van der Waals surface area contributed by atoms with Gasteiger partial charge in [0.15, 0.2) is 18.7 Å². The second-order valence-corrected chi connectivity index (χ2v) is 22.5. The highest BCUT2D eigenvalue weighted by atomic mass is 32.2. The monoisotopic (exact) mass is 959 g/mol. The summed E-state index contributed by atoms with van der Waals surface area (Å²) in [6, 6.07) is 33.1. The fourth-order valence-corrected chi connectivity index (χ4v) is 12.9. The third-order valence-corrected chi connectivity index (χ3v) is 17.7. The van der Waals surface area contributed by atoms with Crippen LogP contribution in [0.5, 0.6) is 0 Å². The molecule has 3 N–H and O–H groups in total. The van der Waals surface area contributed by atoms with Crippen LogP contribution in [0, 0.1) is 62.3 Å². The number of phosphoric acid groups is 1. The van der Waals surface area contributed by atoms with Gasteiger partial charge in [-0.05, 0) is 147 Å². The fraction of sp³-hybridized carbons (Fsp3) is 0.250. The Hall–Kier alpha value is -4.84. The Morgan fingerprint density at radius 3 is 0.815 bits per heavy atom. The van der Waals surface area contributed by atoms with E-state index in [0.29, 0.717) is 16.7 Å². The Bertz CT molecular complexity index is 2750. The first-order valence-electron chi connectivity index (χ1n) is 20.6. The first-order chi connectivity index (χ1) is 30.5. The maximum atomic E-state index is 16.0. The maximum Gasteiger partial charge on any atom is 0.480 e. The molecule has 65 heavy (non-hydrogen) atoms. The first kappa shape index (κ1) is 49.6. The molecule has 13 nitrogen and oxygen atoms in total. The van der Waals surface area contributed by atoms with Crippen molar-refractivity contribution in [1.82, 2.24) is 14.2 Å².